The van der Waals surface area contributed by atoms with Crippen LogP contribution >= 0.6 is 0 Å². The molecule has 1 saturated carbocycles. The molecule has 2 unspecified atom stereocenters. The Kier molecular flexibility index (Phi) is 2.90. The Morgan fingerprint density at radius 3 is 2.68 bits per heavy atom. The maximum absolute atomic E-state index is 6.46. The molecule has 2 heteroatoms. The van der Waals surface area contributed by atoms with E-state index in [9.17, 15) is 0 Å². The first-order chi connectivity index (χ1) is 8.93. The molecule has 1 aliphatic carbocycles. The first-order valence-electron chi connectivity index (χ1n) is 7.40. The van der Waals surface area contributed by atoms with E-state index in [0.717, 1.165) is 12.2 Å². The van der Waals surface area contributed by atoms with Crippen molar-refractivity contribution in [2.45, 2.75) is 58.1 Å². The number of fused-ring (bicyclic) bond motifs is 1. The smallest absolute Gasteiger partial charge is 0.124 e. The van der Waals surface area contributed by atoms with Crippen molar-refractivity contribution in [3.05, 3.63) is 29.3 Å². The lowest BCUT2D eigenvalue weighted by Crippen LogP contribution is -2.42. The molecule has 104 valence electrons. The Morgan fingerprint density at radius 1 is 1.26 bits per heavy atom. The van der Waals surface area contributed by atoms with E-state index in [1.165, 1.54) is 30.4 Å². The van der Waals surface area contributed by atoms with Crippen molar-refractivity contribution < 1.29 is 4.74 Å². The predicted octanol–water partition coefficient (Wildman–Crippen LogP) is 3.99. The van der Waals surface area contributed by atoms with Gasteiger partial charge in [0.15, 0.2) is 0 Å². The second-order valence-electron chi connectivity index (χ2n) is 7.21. The summed E-state index contributed by atoms with van der Waals surface area (Å²) in [7, 11) is 2.07. The molecule has 0 amide bonds. The van der Waals surface area contributed by atoms with Crippen LogP contribution in [0.2, 0.25) is 0 Å². The molecule has 1 aromatic carbocycles. The van der Waals surface area contributed by atoms with Crippen molar-refractivity contribution in [3.63, 3.8) is 0 Å². The van der Waals surface area contributed by atoms with E-state index < -0.39 is 0 Å². The summed E-state index contributed by atoms with van der Waals surface area (Å²) in [6.45, 7) is 6.88. The zero-order valence-corrected chi connectivity index (χ0v) is 12.5. The second kappa shape index (κ2) is 4.24. The van der Waals surface area contributed by atoms with Crippen LogP contribution in [0.3, 0.4) is 0 Å². The van der Waals surface area contributed by atoms with Gasteiger partial charge in [-0.05, 0) is 44.7 Å². The Bertz CT molecular complexity index is 494. The molecule has 0 saturated heterocycles. The van der Waals surface area contributed by atoms with Gasteiger partial charge >= 0.3 is 0 Å². The van der Waals surface area contributed by atoms with Gasteiger partial charge in [0.25, 0.3) is 0 Å². The van der Waals surface area contributed by atoms with Gasteiger partial charge in [-0.15, -0.1) is 0 Å². The highest BCUT2D eigenvalue weighted by molar-refractivity contribution is 5.42. The molecule has 0 bridgehead atoms. The van der Waals surface area contributed by atoms with Crippen LogP contribution in [-0.4, -0.2) is 12.6 Å². The van der Waals surface area contributed by atoms with Crippen LogP contribution in [-0.2, 0) is 0 Å². The van der Waals surface area contributed by atoms with E-state index in [4.69, 9.17) is 4.74 Å². The minimum atomic E-state index is 0.0550. The van der Waals surface area contributed by atoms with Gasteiger partial charge in [-0.2, -0.15) is 0 Å². The van der Waals surface area contributed by atoms with Crippen molar-refractivity contribution in [1.29, 1.82) is 0 Å². The van der Waals surface area contributed by atoms with Crippen LogP contribution in [0.5, 0.6) is 5.75 Å². The fourth-order valence-electron chi connectivity index (χ4n) is 3.92. The maximum Gasteiger partial charge on any atom is 0.124 e. The van der Waals surface area contributed by atoms with Gasteiger partial charge < -0.3 is 10.1 Å². The predicted molar refractivity (Wildman–Crippen MR) is 78.6 cm³/mol. The third-order valence-electron chi connectivity index (χ3n) is 4.85. The SMILES string of the molecule is CNC1CC2(CCC(C)(C)C2)Oc2ccc(C)cc21. The Morgan fingerprint density at radius 2 is 2.05 bits per heavy atom. The zero-order valence-electron chi connectivity index (χ0n) is 12.5. The minimum Gasteiger partial charge on any atom is -0.487 e. The number of hydrogen-bond donors (Lipinski definition) is 1. The first kappa shape index (κ1) is 13.0. The molecule has 1 fully saturated rings. The largest absolute Gasteiger partial charge is 0.487 e. The Hall–Kier alpha value is -1.02. The number of ether oxygens (including phenoxy) is 1. The van der Waals surface area contributed by atoms with Crippen LogP contribution in [0, 0.1) is 12.3 Å². The van der Waals surface area contributed by atoms with E-state index in [1.54, 1.807) is 0 Å². The lowest BCUT2D eigenvalue weighted by Gasteiger charge is -2.41. The molecular formula is C17H25NO. The van der Waals surface area contributed by atoms with Crippen LogP contribution in [0.25, 0.3) is 0 Å². The zero-order chi connectivity index (χ0) is 13.7. The van der Waals surface area contributed by atoms with Crippen molar-refractivity contribution in [3.8, 4) is 5.75 Å². The van der Waals surface area contributed by atoms with E-state index in [2.05, 4.69) is 51.3 Å². The van der Waals surface area contributed by atoms with E-state index >= 15 is 0 Å². The summed E-state index contributed by atoms with van der Waals surface area (Å²) in [5.74, 6) is 1.09. The summed E-state index contributed by atoms with van der Waals surface area (Å²) >= 11 is 0. The van der Waals surface area contributed by atoms with E-state index in [-0.39, 0.29) is 5.60 Å². The Labute approximate surface area is 116 Å². The third-order valence-corrected chi connectivity index (χ3v) is 4.85. The number of benzene rings is 1. The monoisotopic (exact) mass is 259 g/mol. The fraction of sp³-hybridized carbons (Fsp3) is 0.647. The molecule has 0 aromatic heterocycles. The summed E-state index contributed by atoms with van der Waals surface area (Å²) in [5.41, 5.74) is 3.11. The lowest BCUT2D eigenvalue weighted by atomic mass is 9.82. The molecule has 1 spiro atoms. The van der Waals surface area contributed by atoms with Gasteiger partial charge in [0.05, 0.1) is 0 Å². The Balaban J connectivity index is 1.97. The van der Waals surface area contributed by atoms with Crippen LogP contribution in [0.4, 0.5) is 0 Å². The van der Waals surface area contributed by atoms with Crippen molar-refractivity contribution in [2.24, 2.45) is 5.41 Å². The summed E-state index contributed by atoms with van der Waals surface area (Å²) in [4.78, 5) is 0. The number of rotatable bonds is 1. The maximum atomic E-state index is 6.46. The molecule has 2 nitrogen and oxygen atoms in total. The fourth-order valence-corrected chi connectivity index (χ4v) is 3.92. The van der Waals surface area contributed by atoms with Gasteiger partial charge in [-0.25, -0.2) is 0 Å². The van der Waals surface area contributed by atoms with Crippen LogP contribution in [0.15, 0.2) is 18.2 Å². The quantitative estimate of drug-likeness (QED) is 0.823. The first-order valence-corrected chi connectivity index (χ1v) is 7.40. The molecule has 2 aliphatic rings. The van der Waals surface area contributed by atoms with Gasteiger partial charge in [0, 0.05) is 18.0 Å². The highest BCUT2D eigenvalue weighted by atomic mass is 16.5. The average molecular weight is 259 g/mol. The van der Waals surface area contributed by atoms with Gasteiger partial charge in [-0.1, -0.05) is 31.5 Å². The van der Waals surface area contributed by atoms with Gasteiger partial charge in [-0.3, -0.25) is 0 Å². The molecule has 19 heavy (non-hydrogen) atoms. The van der Waals surface area contributed by atoms with Gasteiger partial charge in [0.2, 0.25) is 0 Å². The average Bonchev–Trinajstić information content (AvgIpc) is 2.64. The van der Waals surface area contributed by atoms with Crippen LogP contribution < -0.4 is 10.1 Å². The minimum absolute atomic E-state index is 0.0550. The normalized spacial score (nSPS) is 32.1. The van der Waals surface area contributed by atoms with E-state index in [1.807, 2.05) is 0 Å². The molecule has 1 aromatic rings. The molecule has 1 N–H and O–H groups in total. The highest BCUT2D eigenvalue weighted by Gasteiger charge is 2.48. The second-order valence-corrected chi connectivity index (χ2v) is 7.21. The third kappa shape index (κ3) is 2.27. The number of nitrogens with one attached hydrogen (secondary N) is 1. The topological polar surface area (TPSA) is 21.3 Å². The molecule has 2 atom stereocenters. The molecular weight excluding hydrogens is 234 g/mol. The summed E-state index contributed by atoms with van der Waals surface area (Å²) in [5, 5.41) is 3.49. The molecule has 1 heterocycles. The molecule has 0 radical (unpaired) electrons. The van der Waals surface area contributed by atoms with Crippen molar-refractivity contribution in [2.75, 3.05) is 7.05 Å². The lowest BCUT2D eigenvalue weighted by molar-refractivity contribution is 0.0287. The summed E-state index contributed by atoms with van der Waals surface area (Å²) in [6.07, 6.45) is 4.73. The number of aryl methyl sites for hydroxylation is 1. The van der Waals surface area contributed by atoms with Crippen LogP contribution in [0.1, 0.15) is 56.7 Å². The molecule has 1 aliphatic heterocycles. The standard InChI is InChI=1S/C17H25NO/c1-12-5-6-15-13(9-12)14(18-4)10-17(19-15)8-7-16(2,3)11-17/h5-6,9,14,18H,7-8,10-11H2,1-4H3. The summed E-state index contributed by atoms with van der Waals surface area (Å²) in [6, 6.07) is 7.01. The molecule has 3 rings (SSSR count). The van der Waals surface area contributed by atoms with Crippen molar-refractivity contribution >= 4 is 0 Å². The highest BCUT2D eigenvalue weighted by Crippen LogP contribution is 2.52. The van der Waals surface area contributed by atoms with Gasteiger partial charge in [0.1, 0.15) is 11.4 Å². The number of hydrogen-bond acceptors (Lipinski definition) is 2. The summed E-state index contributed by atoms with van der Waals surface area (Å²) < 4.78 is 6.46. The van der Waals surface area contributed by atoms with Crippen molar-refractivity contribution in [1.82, 2.24) is 5.32 Å². The van der Waals surface area contributed by atoms with E-state index in [0.29, 0.717) is 11.5 Å².